The number of ether oxygens (including phenoxy) is 4. The number of hydrogen-bond donors (Lipinski definition) is 2. The number of methoxy groups -OCH3 is 1. The monoisotopic (exact) mass is 512 g/mol. The van der Waals surface area contributed by atoms with Crippen LogP contribution in [0.3, 0.4) is 0 Å². The van der Waals surface area contributed by atoms with E-state index in [2.05, 4.69) is 41.5 Å². The third-order valence-corrected chi connectivity index (χ3v) is 7.03. The largest absolute Gasteiger partial charge is 0.503 e. The third kappa shape index (κ3) is 6.78. The van der Waals surface area contributed by atoms with Crippen LogP contribution < -0.4 is 10.1 Å². The molecule has 0 spiro atoms. The lowest BCUT2D eigenvalue weighted by molar-refractivity contribution is -0.164. The van der Waals surface area contributed by atoms with Crippen molar-refractivity contribution in [2.75, 3.05) is 20.3 Å². The number of pyridine rings is 1. The van der Waals surface area contributed by atoms with Crippen molar-refractivity contribution in [1.29, 1.82) is 0 Å². The summed E-state index contributed by atoms with van der Waals surface area (Å²) in [6, 6.07) is 8.71. The fourth-order valence-electron chi connectivity index (χ4n) is 4.98. The molecule has 0 radical (unpaired) electrons. The summed E-state index contributed by atoms with van der Waals surface area (Å²) in [6.45, 7) is 4.14. The van der Waals surface area contributed by atoms with E-state index in [1.165, 1.54) is 24.9 Å². The van der Waals surface area contributed by atoms with E-state index in [1.54, 1.807) is 0 Å². The minimum absolute atomic E-state index is 0.0512. The molecule has 2 fully saturated rings. The normalized spacial score (nSPS) is 25.0. The predicted octanol–water partition coefficient (Wildman–Crippen LogP) is 3.35. The molecule has 1 aromatic heterocycles. The lowest BCUT2D eigenvalue weighted by atomic mass is 9.91. The van der Waals surface area contributed by atoms with Crippen molar-refractivity contribution < 1.29 is 33.6 Å². The van der Waals surface area contributed by atoms with Gasteiger partial charge in [-0.25, -0.2) is 9.78 Å². The Morgan fingerprint density at radius 2 is 1.89 bits per heavy atom. The number of benzene rings is 1. The molecule has 2 aromatic rings. The fourth-order valence-corrected chi connectivity index (χ4v) is 4.98. The van der Waals surface area contributed by atoms with Gasteiger partial charge in [-0.2, -0.15) is 0 Å². The van der Waals surface area contributed by atoms with Crippen LogP contribution in [0.5, 0.6) is 11.5 Å². The van der Waals surface area contributed by atoms with Gasteiger partial charge >= 0.3 is 5.97 Å². The maximum Gasteiger partial charge on any atom is 0.331 e. The number of aromatic nitrogens is 1. The summed E-state index contributed by atoms with van der Waals surface area (Å²) < 4.78 is 23.4. The van der Waals surface area contributed by atoms with Gasteiger partial charge in [0.1, 0.15) is 6.10 Å². The molecule has 1 saturated heterocycles. The van der Waals surface area contributed by atoms with E-state index < -0.39 is 29.8 Å². The number of nitrogens with zero attached hydrogens (tertiary/aromatic N) is 1. The third-order valence-electron chi connectivity index (χ3n) is 7.03. The Kier molecular flexibility index (Phi) is 9.00. The van der Waals surface area contributed by atoms with Crippen LogP contribution in [0, 0.1) is 12.8 Å². The second-order valence-electron chi connectivity index (χ2n) is 9.87. The van der Waals surface area contributed by atoms with Crippen LogP contribution in [0.1, 0.15) is 54.2 Å². The number of esters is 1. The van der Waals surface area contributed by atoms with Gasteiger partial charge in [-0.15, -0.1) is 0 Å². The molecule has 1 aliphatic heterocycles. The number of aromatic hydroxyl groups is 1. The van der Waals surface area contributed by atoms with Gasteiger partial charge < -0.3 is 29.4 Å². The summed E-state index contributed by atoms with van der Waals surface area (Å²) >= 11 is 0. The van der Waals surface area contributed by atoms with E-state index in [-0.39, 0.29) is 36.2 Å². The Morgan fingerprint density at radius 3 is 2.59 bits per heavy atom. The molecule has 0 unspecified atom stereocenters. The average molecular weight is 513 g/mol. The smallest absolute Gasteiger partial charge is 0.331 e. The lowest BCUT2D eigenvalue weighted by Crippen LogP contribution is -2.47. The van der Waals surface area contributed by atoms with Gasteiger partial charge in [0.15, 0.2) is 23.2 Å². The van der Waals surface area contributed by atoms with E-state index in [1.807, 2.05) is 6.92 Å². The highest BCUT2D eigenvalue weighted by Crippen LogP contribution is 2.30. The molecule has 37 heavy (non-hydrogen) atoms. The van der Waals surface area contributed by atoms with Gasteiger partial charge in [-0.3, -0.25) is 4.79 Å². The summed E-state index contributed by atoms with van der Waals surface area (Å²) in [6.07, 6.45) is 5.51. The molecule has 2 N–H and O–H groups in total. The minimum atomic E-state index is -1.08. The predicted molar refractivity (Wildman–Crippen MR) is 136 cm³/mol. The number of aryl methyl sites for hydroxylation is 1. The van der Waals surface area contributed by atoms with Gasteiger partial charge in [0.2, 0.25) is 0 Å². The molecule has 4 atom stereocenters. The number of carbonyl (C=O) groups is 2. The molecule has 1 amide bonds. The molecule has 200 valence electrons. The van der Waals surface area contributed by atoms with Crippen LogP contribution in [0.2, 0.25) is 0 Å². The van der Waals surface area contributed by atoms with Crippen molar-refractivity contribution >= 4 is 11.9 Å². The quantitative estimate of drug-likeness (QED) is 0.543. The first kappa shape index (κ1) is 26.9. The van der Waals surface area contributed by atoms with E-state index >= 15 is 0 Å². The molecule has 1 aromatic carbocycles. The van der Waals surface area contributed by atoms with Crippen molar-refractivity contribution in [3.8, 4) is 11.5 Å². The molecule has 9 heteroatoms. The standard InChI is InChI=1S/C28H36N2O7/c1-17-8-10-19(11-9-17)14-20-15-35-16-22(30-27(32)24-25(31)23(34-3)12-13-29-24)28(33)36-18(2)26(20)37-21-6-4-5-7-21/h8-13,18,20-22,26,31H,4-7,14-16H2,1-3H3,(H,30,32)/t18-,20-,22-,26-/m0/s1. The number of amides is 1. The molecule has 1 saturated carbocycles. The zero-order chi connectivity index (χ0) is 26.4. The van der Waals surface area contributed by atoms with Crippen LogP contribution in [0.25, 0.3) is 0 Å². The second kappa shape index (κ2) is 12.4. The molecular weight excluding hydrogens is 476 g/mol. The highest BCUT2D eigenvalue weighted by Gasteiger charge is 2.37. The summed E-state index contributed by atoms with van der Waals surface area (Å²) in [4.78, 5) is 29.9. The Labute approximate surface area is 217 Å². The fraction of sp³-hybridized carbons (Fsp3) is 0.536. The minimum Gasteiger partial charge on any atom is -0.503 e. The Balaban J connectivity index is 1.51. The van der Waals surface area contributed by atoms with Gasteiger partial charge in [-0.05, 0) is 38.7 Å². The number of hydrogen-bond acceptors (Lipinski definition) is 8. The summed E-state index contributed by atoms with van der Waals surface area (Å²) in [7, 11) is 1.37. The zero-order valence-electron chi connectivity index (χ0n) is 21.6. The van der Waals surface area contributed by atoms with Crippen LogP contribution in [0.4, 0.5) is 0 Å². The van der Waals surface area contributed by atoms with Crippen LogP contribution in [-0.4, -0.2) is 66.6 Å². The van der Waals surface area contributed by atoms with E-state index in [4.69, 9.17) is 18.9 Å². The second-order valence-corrected chi connectivity index (χ2v) is 9.87. The van der Waals surface area contributed by atoms with Crippen molar-refractivity contribution in [3.63, 3.8) is 0 Å². The number of nitrogens with one attached hydrogen (secondary N) is 1. The highest BCUT2D eigenvalue weighted by atomic mass is 16.6. The zero-order valence-corrected chi connectivity index (χ0v) is 21.6. The van der Waals surface area contributed by atoms with Crippen LogP contribution in [-0.2, 0) is 25.4 Å². The van der Waals surface area contributed by atoms with Crippen molar-refractivity contribution in [2.24, 2.45) is 5.92 Å². The van der Waals surface area contributed by atoms with Crippen molar-refractivity contribution in [2.45, 2.75) is 70.3 Å². The van der Waals surface area contributed by atoms with E-state index in [0.717, 1.165) is 31.2 Å². The van der Waals surface area contributed by atoms with Crippen LogP contribution in [0.15, 0.2) is 36.5 Å². The summed E-state index contributed by atoms with van der Waals surface area (Å²) in [5.74, 6) is -1.71. The van der Waals surface area contributed by atoms with E-state index in [9.17, 15) is 14.7 Å². The van der Waals surface area contributed by atoms with Gasteiger partial charge in [-0.1, -0.05) is 42.7 Å². The van der Waals surface area contributed by atoms with Crippen molar-refractivity contribution in [1.82, 2.24) is 10.3 Å². The molecular formula is C28H36N2O7. The topological polar surface area (TPSA) is 116 Å². The van der Waals surface area contributed by atoms with Crippen LogP contribution >= 0.6 is 0 Å². The number of rotatable bonds is 7. The highest BCUT2D eigenvalue weighted by molar-refractivity contribution is 5.98. The van der Waals surface area contributed by atoms with Gasteiger partial charge in [0.25, 0.3) is 5.91 Å². The molecule has 1 aliphatic carbocycles. The molecule has 0 bridgehead atoms. The first-order chi connectivity index (χ1) is 17.9. The first-order valence-electron chi connectivity index (χ1n) is 12.9. The van der Waals surface area contributed by atoms with Gasteiger partial charge in [0.05, 0.1) is 32.5 Å². The van der Waals surface area contributed by atoms with Gasteiger partial charge in [0, 0.05) is 18.2 Å². The maximum absolute atomic E-state index is 13.1. The maximum atomic E-state index is 13.1. The summed E-state index contributed by atoms with van der Waals surface area (Å²) in [5, 5.41) is 12.9. The molecule has 2 aliphatic rings. The SMILES string of the molecule is COc1ccnc(C(=O)N[C@H]2COC[C@H](Cc3ccc(C)cc3)[C@@H](OC3CCCC3)[C@H](C)OC2=O)c1O. The number of cyclic esters (lactones) is 1. The Hall–Kier alpha value is -3.17. The lowest BCUT2D eigenvalue weighted by Gasteiger charge is -2.33. The van der Waals surface area contributed by atoms with E-state index in [0.29, 0.717) is 13.0 Å². The number of carbonyl (C=O) groups excluding carboxylic acids is 2. The Morgan fingerprint density at radius 1 is 1.16 bits per heavy atom. The molecule has 2 heterocycles. The van der Waals surface area contributed by atoms with Crippen molar-refractivity contribution in [3.05, 3.63) is 53.3 Å². The first-order valence-corrected chi connectivity index (χ1v) is 12.9. The Bertz CT molecular complexity index is 1070. The molecule has 4 rings (SSSR count). The summed E-state index contributed by atoms with van der Waals surface area (Å²) in [5.41, 5.74) is 2.09. The average Bonchev–Trinajstić information content (AvgIpc) is 3.41. The molecule has 9 nitrogen and oxygen atoms in total.